The number of nitrogens with zero attached hydrogens (tertiary/aromatic N) is 3. The van der Waals surface area contributed by atoms with Crippen molar-refractivity contribution in [3.05, 3.63) is 82.1 Å². The first kappa shape index (κ1) is 24.1. The fraction of sp³-hybridized carbons (Fsp3) is 0.167. The van der Waals surface area contributed by atoms with Crippen LogP contribution in [0.4, 0.5) is 5.69 Å². The quantitative estimate of drug-likeness (QED) is 0.318. The van der Waals surface area contributed by atoms with E-state index in [1.807, 2.05) is 42.5 Å². The van der Waals surface area contributed by atoms with E-state index >= 15 is 0 Å². The molecular weight excluding hydrogens is 493 g/mol. The summed E-state index contributed by atoms with van der Waals surface area (Å²) in [4.78, 5) is 25.1. The lowest BCUT2D eigenvalue weighted by Gasteiger charge is -2.14. The van der Waals surface area contributed by atoms with E-state index in [0.29, 0.717) is 21.6 Å². The average molecular weight is 514 g/mol. The molecule has 0 saturated heterocycles. The van der Waals surface area contributed by atoms with Gasteiger partial charge in [-0.05, 0) is 48.0 Å². The first-order valence-corrected chi connectivity index (χ1v) is 12.1. The van der Waals surface area contributed by atoms with Gasteiger partial charge in [0.2, 0.25) is 5.91 Å². The second-order valence-corrected chi connectivity index (χ2v) is 9.40. The SMILES string of the molecule is C[C@H](NC(=O)c1ccc(Cl)cc1Cl)c1nnc(SCC(=O)Nc2ccc3ccccc3c2)n1C. The highest BCUT2D eigenvalue weighted by Crippen LogP contribution is 2.24. The Hall–Kier alpha value is -3.07. The Labute approximate surface area is 210 Å². The molecule has 1 atom stereocenters. The molecule has 1 aromatic heterocycles. The molecule has 7 nitrogen and oxygen atoms in total. The van der Waals surface area contributed by atoms with E-state index in [0.717, 1.165) is 16.5 Å². The van der Waals surface area contributed by atoms with E-state index in [-0.39, 0.29) is 22.6 Å². The maximum atomic E-state index is 12.6. The highest BCUT2D eigenvalue weighted by molar-refractivity contribution is 7.99. The summed E-state index contributed by atoms with van der Waals surface area (Å²) in [6, 6.07) is 18.0. The van der Waals surface area contributed by atoms with Gasteiger partial charge in [0.15, 0.2) is 11.0 Å². The van der Waals surface area contributed by atoms with Crippen molar-refractivity contribution in [2.75, 3.05) is 11.1 Å². The van der Waals surface area contributed by atoms with Crippen molar-refractivity contribution in [2.24, 2.45) is 7.05 Å². The zero-order valence-corrected chi connectivity index (χ0v) is 20.7. The van der Waals surface area contributed by atoms with Crippen LogP contribution in [0.1, 0.15) is 29.1 Å². The number of carbonyl (C=O) groups excluding carboxylic acids is 2. The van der Waals surface area contributed by atoms with Crippen molar-refractivity contribution >= 4 is 63.2 Å². The number of halogens is 2. The largest absolute Gasteiger partial charge is 0.342 e. The number of rotatable bonds is 7. The van der Waals surface area contributed by atoms with Gasteiger partial charge in [-0.2, -0.15) is 0 Å². The smallest absolute Gasteiger partial charge is 0.253 e. The number of thioether (sulfide) groups is 1. The molecule has 1 heterocycles. The van der Waals surface area contributed by atoms with E-state index < -0.39 is 6.04 Å². The lowest BCUT2D eigenvalue weighted by Crippen LogP contribution is -2.28. The minimum atomic E-state index is -0.433. The number of amides is 2. The Morgan fingerprint density at radius 3 is 2.56 bits per heavy atom. The van der Waals surface area contributed by atoms with Crippen molar-refractivity contribution in [2.45, 2.75) is 18.1 Å². The van der Waals surface area contributed by atoms with Crippen molar-refractivity contribution in [3.63, 3.8) is 0 Å². The van der Waals surface area contributed by atoms with Gasteiger partial charge >= 0.3 is 0 Å². The van der Waals surface area contributed by atoms with E-state index in [9.17, 15) is 9.59 Å². The molecule has 10 heteroatoms. The summed E-state index contributed by atoms with van der Waals surface area (Å²) in [5.74, 6) is 0.223. The van der Waals surface area contributed by atoms with Crippen LogP contribution in [0, 0.1) is 0 Å². The lowest BCUT2D eigenvalue weighted by molar-refractivity contribution is -0.113. The Balaban J connectivity index is 1.35. The van der Waals surface area contributed by atoms with Crippen LogP contribution in [-0.4, -0.2) is 32.3 Å². The van der Waals surface area contributed by atoms with Crippen LogP contribution in [0.15, 0.2) is 65.8 Å². The van der Waals surface area contributed by atoms with Crippen LogP contribution in [0.3, 0.4) is 0 Å². The summed E-state index contributed by atoms with van der Waals surface area (Å²) < 4.78 is 1.75. The molecule has 4 aromatic rings. The summed E-state index contributed by atoms with van der Waals surface area (Å²) in [6.45, 7) is 1.80. The fourth-order valence-electron chi connectivity index (χ4n) is 3.44. The van der Waals surface area contributed by atoms with Crippen molar-refractivity contribution < 1.29 is 9.59 Å². The number of hydrogen-bond acceptors (Lipinski definition) is 5. The zero-order valence-electron chi connectivity index (χ0n) is 18.4. The molecule has 0 bridgehead atoms. The standard InChI is InChI=1S/C24H21Cl2N5O2S/c1-14(27-23(33)19-10-8-17(25)12-20(19)26)22-29-30-24(31(22)2)34-13-21(32)28-18-9-7-15-5-3-4-6-16(15)11-18/h3-12,14H,13H2,1-2H3,(H,27,33)(H,28,32)/t14-/m0/s1. The predicted octanol–water partition coefficient (Wildman–Crippen LogP) is 5.50. The van der Waals surface area contributed by atoms with Gasteiger partial charge in [0, 0.05) is 17.8 Å². The second kappa shape index (κ2) is 10.5. The molecule has 34 heavy (non-hydrogen) atoms. The van der Waals surface area contributed by atoms with Crippen molar-refractivity contribution in [1.29, 1.82) is 0 Å². The van der Waals surface area contributed by atoms with Gasteiger partial charge in [0.1, 0.15) is 0 Å². The van der Waals surface area contributed by atoms with Gasteiger partial charge in [-0.15, -0.1) is 10.2 Å². The molecule has 2 N–H and O–H groups in total. The zero-order chi connectivity index (χ0) is 24.2. The maximum Gasteiger partial charge on any atom is 0.253 e. The van der Waals surface area contributed by atoms with Crippen LogP contribution in [-0.2, 0) is 11.8 Å². The molecule has 174 valence electrons. The van der Waals surface area contributed by atoms with Gasteiger partial charge < -0.3 is 15.2 Å². The summed E-state index contributed by atoms with van der Waals surface area (Å²) >= 11 is 13.3. The number of benzene rings is 3. The Morgan fingerprint density at radius 2 is 1.79 bits per heavy atom. The molecule has 0 radical (unpaired) electrons. The Kier molecular flexibility index (Phi) is 7.41. The minimum Gasteiger partial charge on any atom is -0.342 e. The predicted molar refractivity (Wildman–Crippen MR) is 137 cm³/mol. The van der Waals surface area contributed by atoms with Crippen molar-refractivity contribution in [3.8, 4) is 0 Å². The molecule has 0 fully saturated rings. The van der Waals surface area contributed by atoms with E-state index in [4.69, 9.17) is 23.2 Å². The molecule has 4 rings (SSSR count). The molecular formula is C24H21Cl2N5O2S. The summed E-state index contributed by atoms with van der Waals surface area (Å²) in [5.41, 5.74) is 1.06. The minimum absolute atomic E-state index is 0.149. The molecule has 2 amide bonds. The van der Waals surface area contributed by atoms with Crippen LogP contribution in [0.25, 0.3) is 10.8 Å². The third kappa shape index (κ3) is 5.52. The van der Waals surface area contributed by atoms with E-state index in [2.05, 4.69) is 20.8 Å². The van der Waals surface area contributed by atoms with Crippen LogP contribution >= 0.6 is 35.0 Å². The summed E-state index contributed by atoms with van der Waals surface area (Å²) in [5, 5.41) is 17.6. The summed E-state index contributed by atoms with van der Waals surface area (Å²) in [6.07, 6.45) is 0. The van der Waals surface area contributed by atoms with E-state index in [1.165, 1.54) is 17.8 Å². The summed E-state index contributed by atoms with van der Waals surface area (Å²) in [7, 11) is 1.79. The second-order valence-electron chi connectivity index (χ2n) is 7.62. The Morgan fingerprint density at radius 1 is 1.03 bits per heavy atom. The van der Waals surface area contributed by atoms with Crippen molar-refractivity contribution in [1.82, 2.24) is 20.1 Å². The molecule has 0 spiro atoms. The molecule has 0 aliphatic carbocycles. The molecule has 0 aliphatic heterocycles. The number of fused-ring (bicyclic) bond motifs is 1. The van der Waals surface area contributed by atoms with Crippen LogP contribution < -0.4 is 10.6 Å². The van der Waals surface area contributed by atoms with E-state index in [1.54, 1.807) is 30.7 Å². The first-order chi connectivity index (χ1) is 16.3. The third-order valence-corrected chi connectivity index (χ3v) is 6.71. The number of hydrogen-bond donors (Lipinski definition) is 2. The Bertz CT molecular complexity index is 1370. The van der Waals surface area contributed by atoms with Gasteiger partial charge in [-0.25, -0.2) is 0 Å². The first-order valence-electron chi connectivity index (χ1n) is 10.4. The van der Waals surface area contributed by atoms with Crippen LogP contribution in [0.2, 0.25) is 10.0 Å². The third-order valence-electron chi connectivity index (χ3n) is 5.14. The van der Waals surface area contributed by atoms with Gasteiger partial charge in [0.25, 0.3) is 5.91 Å². The number of aromatic nitrogens is 3. The molecule has 3 aromatic carbocycles. The average Bonchev–Trinajstić information content (AvgIpc) is 3.17. The highest BCUT2D eigenvalue weighted by atomic mass is 35.5. The molecule has 0 saturated carbocycles. The fourth-order valence-corrected chi connectivity index (χ4v) is 4.65. The molecule has 0 unspecified atom stereocenters. The monoisotopic (exact) mass is 513 g/mol. The maximum absolute atomic E-state index is 12.6. The number of nitrogens with one attached hydrogen (secondary N) is 2. The number of anilines is 1. The number of carbonyl (C=O) groups is 2. The highest BCUT2D eigenvalue weighted by Gasteiger charge is 2.20. The van der Waals surface area contributed by atoms with Gasteiger partial charge in [-0.3, -0.25) is 9.59 Å². The van der Waals surface area contributed by atoms with Crippen LogP contribution in [0.5, 0.6) is 0 Å². The molecule has 0 aliphatic rings. The normalized spacial score (nSPS) is 11.9. The van der Waals surface area contributed by atoms with Gasteiger partial charge in [0.05, 0.1) is 22.4 Å². The lowest BCUT2D eigenvalue weighted by atomic mass is 10.1. The van der Waals surface area contributed by atoms with Gasteiger partial charge in [-0.1, -0.05) is 65.3 Å². The topological polar surface area (TPSA) is 88.9 Å².